The lowest BCUT2D eigenvalue weighted by Crippen LogP contribution is -2.31. The number of fused-ring (bicyclic) bond motifs is 1. The monoisotopic (exact) mass is 426 g/mol. The maximum absolute atomic E-state index is 13.1. The summed E-state index contributed by atoms with van der Waals surface area (Å²) >= 11 is 0. The molecule has 0 saturated heterocycles. The maximum atomic E-state index is 13.1. The number of carbonyl (C=O) groups excluding carboxylic acids is 1. The SMILES string of the molecule is CCN(CCNC)c1ccncc1NC(=O)c1cccc(-c2cccc3cccnc23)n1. The second-order valence-electron chi connectivity index (χ2n) is 7.32. The van der Waals surface area contributed by atoms with Gasteiger partial charge in [-0.15, -0.1) is 0 Å². The summed E-state index contributed by atoms with van der Waals surface area (Å²) in [5.41, 5.74) is 4.39. The fourth-order valence-electron chi connectivity index (χ4n) is 3.66. The predicted octanol–water partition coefficient (Wildman–Crippen LogP) is 3.99. The normalized spacial score (nSPS) is 10.8. The van der Waals surface area contributed by atoms with Crippen molar-refractivity contribution in [3.05, 3.63) is 78.9 Å². The third-order valence-electron chi connectivity index (χ3n) is 5.29. The third kappa shape index (κ3) is 4.58. The zero-order chi connectivity index (χ0) is 22.3. The molecule has 0 atom stereocenters. The van der Waals surface area contributed by atoms with Gasteiger partial charge in [0, 0.05) is 43.0 Å². The van der Waals surface area contributed by atoms with E-state index in [0.717, 1.165) is 41.8 Å². The molecular formula is C25H26N6O. The lowest BCUT2D eigenvalue weighted by molar-refractivity contribution is 0.102. The Labute approximate surface area is 187 Å². The first-order chi connectivity index (χ1) is 15.7. The van der Waals surface area contributed by atoms with Gasteiger partial charge in [-0.2, -0.15) is 0 Å². The molecule has 0 fully saturated rings. The summed E-state index contributed by atoms with van der Waals surface area (Å²) < 4.78 is 0. The van der Waals surface area contributed by atoms with E-state index in [-0.39, 0.29) is 5.91 Å². The van der Waals surface area contributed by atoms with E-state index in [1.165, 1.54) is 0 Å². The average molecular weight is 427 g/mol. The maximum Gasteiger partial charge on any atom is 0.274 e. The van der Waals surface area contributed by atoms with Gasteiger partial charge in [-0.05, 0) is 38.2 Å². The van der Waals surface area contributed by atoms with Crippen LogP contribution in [-0.2, 0) is 0 Å². The lowest BCUT2D eigenvalue weighted by atomic mass is 10.1. The Kier molecular flexibility index (Phi) is 6.67. The Balaban J connectivity index is 1.62. The van der Waals surface area contributed by atoms with Crippen LogP contribution in [0.5, 0.6) is 0 Å². The summed E-state index contributed by atoms with van der Waals surface area (Å²) in [5.74, 6) is -0.279. The van der Waals surface area contributed by atoms with Crippen molar-refractivity contribution in [1.29, 1.82) is 0 Å². The molecule has 1 aromatic carbocycles. The molecule has 0 aliphatic heterocycles. The van der Waals surface area contributed by atoms with Gasteiger partial charge in [-0.25, -0.2) is 4.98 Å². The lowest BCUT2D eigenvalue weighted by Gasteiger charge is -2.25. The molecule has 7 nitrogen and oxygen atoms in total. The van der Waals surface area contributed by atoms with Crippen molar-refractivity contribution in [2.75, 3.05) is 36.9 Å². The standard InChI is InChI=1S/C25H26N6O/c1-3-31(16-15-26-2)23-12-14-27-17-22(23)30-25(32)21-11-5-10-20(29-21)19-9-4-7-18-8-6-13-28-24(18)19/h4-14,17,26H,3,15-16H2,1-2H3,(H,30,32). The highest BCUT2D eigenvalue weighted by Gasteiger charge is 2.15. The minimum Gasteiger partial charge on any atom is -0.369 e. The number of amides is 1. The van der Waals surface area contributed by atoms with Gasteiger partial charge in [-0.1, -0.05) is 30.3 Å². The quantitative estimate of drug-likeness (QED) is 0.443. The molecule has 4 rings (SSSR count). The number of hydrogen-bond acceptors (Lipinski definition) is 6. The summed E-state index contributed by atoms with van der Waals surface area (Å²) in [6.45, 7) is 4.56. The smallest absolute Gasteiger partial charge is 0.274 e. The van der Waals surface area contributed by atoms with Crippen molar-refractivity contribution in [2.45, 2.75) is 6.92 Å². The number of hydrogen-bond donors (Lipinski definition) is 2. The number of carbonyl (C=O) groups is 1. The van der Waals surface area contributed by atoms with Crippen LogP contribution in [0.2, 0.25) is 0 Å². The first kappa shape index (κ1) is 21.4. The third-order valence-corrected chi connectivity index (χ3v) is 5.29. The van der Waals surface area contributed by atoms with Gasteiger partial charge in [0.15, 0.2) is 0 Å². The van der Waals surface area contributed by atoms with Crippen molar-refractivity contribution < 1.29 is 4.79 Å². The number of nitrogens with one attached hydrogen (secondary N) is 2. The van der Waals surface area contributed by atoms with Gasteiger partial charge in [0.1, 0.15) is 5.69 Å². The van der Waals surface area contributed by atoms with Crippen LogP contribution in [-0.4, -0.2) is 47.5 Å². The summed E-state index contributed by atoms with van der Waals surface area (Å²) in [4.78, 5) is 28.6. The molecule has 32 heavy (non-hydrogen) atoms. The molecule has 3 aromatic heterocycles. The Hall–Kier alpha value is -3.84. The molecule has 0 spiro atoms. The van der Waals surface area contributed by atoms with Crippen LogP contribution in [0.15, 0.2) is 73.2 Å². The largest absolute Gasteiger partial charge is 0.369 e. The first-order valence-corrected chi connectivity index (χ1v) is 10.7. The second-order valence-corrected chi connectivity index (χ2v) is 7.32. The van der Waals surface area contributed by atoms with E-state index in [1.807, 2.05) is 55.6 Å². The van der Waals surface area contributed by atoms with E-state index in [2.05, 4.69) is 37.4 Å². The van der Waals surface area contributed by atoms with E-state index in [0.29, 0.717) is 17.1 Å². The zero-order valence-electron chi connectivity index (χ0n) is 18.2. The molecule has 0 radical (unpaired) electrons. The van der Waals surface area contributed by atoms with Gasteiger partial charge < -0.3 is 15.5 Å². The highest BCUT2D eigenvalue weighted by molar-refractivity contribution is 6.05. The molecule has 2 N–H and O–H groups in total. The van der Waals surface area contributed by atoms with E-state index in [9.17, 15) is 4.79 Å². The summed E-state index contributed by atoms with van der Waals surface area (Å²) in [7, 11) is 1.92. The number of benzene rings is 1. The Morgan fingerprint density at radius 1 is 1.03 bits per heavy atom. The summed E-state index contributed by atoms with van der Waals surface area (Å²) in [5, 5.41) is 7.19. The van der Waals surface area contributed by atoms with Crippen molar-refractivity contribution in [3.63, 3.8) is 0 Å². The molecule has 3 heterocycles. The molecule has 4 aromatic rings. The van der Waals surface area contributed by atoms with E-state index >= 15 is 0 Å². The Bertz CT molecular complexity index is 1220. The topological polar surface area (TPSA) is 83.0 Å². The molecule has 0 aliphatic carbocycles. The number of anilines is 2. The minimum atomic E-state index is -0.279. The first-order valence-electron chi connectivity index (χ1n) is 10.7. The number of aromatic nitrogens is 3. The number of likely N-dealkylation sites (N-methyl/N-ethyl adjacent to an activating group) is 2. The zero-order valence-corrected chi connectivity index (χ0v) is 18.2. The van der Waals surface area contributed by atoms with Crippen LogP contribution in [0.3, 0.4) is 0 Å². The van der Waals surface area contributed by atoms with Gasteiger partial charge in [0.25, 0.3) is 5.91 Å². The Morgan fingerprint density at radius 3 is 2.72 bits per heavy atom. The van der Waals surface area contributed by atoms with Gasteiger partial charge >= 0.3 is 0 Å². The fraction of sp³-hybridized carbons (Fsp3) is 0.200. The van der Waals surface area contributed by atoms with E-state index in [1.54, 1.807) is 24.7 Å². The highest BCUT2D eigenvalue weighted by atomic mass is 16.1. The predicted molar refractivity (Wildman–Crippen MR) is 129 cm³/mol. The number of rotatable bonds is 8. The summed E-state index contributed by atoms with van der Waals surface area (Å²) in [6, 6.07) is 17.2. The molecule has 162 valence electrons. The van der Waals surface area contributed by atoms with E-state index < -0.39 is 0 Å². The van der Waals surface area contributed by atoms with Crippen LogP contribution in [0.25, 0.3) is 22.2 Å². The number of para-hydroxylation sites is 1. The molecule has 1 amide bonds. The van der Waals surface area contributed by atoms with Crippen LogP contribution in [0.1, 0.15) is 17.4 Å². The highest BCUT2D eigenvalue weighted by Crippen LogP contribution is 2.27. The van der Waals surface area contributed by atoms with Crippen molar-refractivity contribution in [3.8, 4) is 11.3 Å². The van der Waals surface area contributed by atoms with Gasteiger partial charge in [0.05, 0.1) is 28.8 Å². The van der Waals surface area contributed by atoms with Crippen LogP contribution >= 0.6 is 0 Å². The molecule has 7 heteroatoms. The molecule has 0 saturated carbocycles. The Morgan fingerprint density at radius 2 is 1.88 bits per heavy atom. The van der Waals surface area contributed by atoms with Gasteiger partial charge in [0.2, 0.25) is 0 Å². The van der Waals surface area contributed by atoms with E-state index in [4.69, 9.17) is 0 Å². The van der Waals surface area contributed by atoms with Crippen molar-refractivity contribution in [2.24, 2.45) is 0 Å². The second kappa shape index (κ2) is 9.98. The molecule has 0 aliphatic rings. The summed E-state index contributed by atoms with van der Waals surface area (Å²) in [6.07, 6.45) is 5.17. The van der Waals surface area contributed by atoms with Crippen molar-refractivity contribution in [1.82, 2.24) is 20.3 Å². The molecule has 0 unspecified atom stereocenters. The van der Waals surface area contributed by atoms with Crippen LogP contribution < -0.4 is 15.5 Å². The van der Waals surface area contributed by atoms with Gasteiger partial charge in [-0.3, -0.25) is 14.8 Å². The number of nitrogens with zero attached hydrogens (tertiary/aromatic N) is 4. The van der Waals surface area contributed by atoms with Crippen molar-refractivity contribution >= 4 is 28.2 Å². The minimum absolute atomic E-state index is 0.279. The molecule has 0 bridgehead atoms. The molecular weight excluding hydrogens is 400 g/mol. The fourth-order valence-corrected chi connectivity index (χ4v) is 3.66. The van der Waals surface area contributed by atoms with Crippen LogP contribution in [0.4, 0.5) is 11.4 Å². The number of pyridine rings is 3. The average Bonchev–Trinajstić information content (AvgIpc) is 2.85. The van der Waals surface area contributed by atoms with Crippen LogP contribution in [0, 0.1) is 0 Å².